The number of aromatic nitrogens is 5. The van der Waals surface area contributed by atoms with Gasteiger partial charge in [0, 0.05) is 18.7 Å². The van der Waals surface area contributed by atoms with Gasteiger partial charge in [0.05, 0.1) is 44.5 Å². The molecule has 1 aliphatic rings. The largest absolute Gasteiger partial charge is 0.494 e. The van der Waals surface area contributed by atoms with Crippen LogP contribution in [0.3, 0.4) is 0 Å². The van der Waals surface area contributed by atoms with Gasteiger partial charge in [-0.1, -0.05) is 6.07 Å². The van der Waals surface area contributed by atoms with E-state index in [0.717, 1.165) is 12.8 Å². The second-order valence-electron chi connectivity index (χ2n) is 9.68. The third kappa shape index (κ3) is 6.31. The average Bonchev–Trinajstić information content (AvgIpc) is 3.33. The van der Waals surface area contributed by atoms with Crippen LogP contribution in [0.15, 0.2) is 30.6 Å². The minimum absolute atomic E-state index is 0.00325. The van der Waals surface area contributed by atoms with Crippen molar-refractivity contribution in [3.05, 3.63) is 47.8 Å². The van der Waals surface area contributed by atoms with E-state index in [1.54, 1.807) is 35.9 Å². The van der Waals surface area contributed by atoms with E-state index in [2.05, 4.69) is 24.9 Å². The first-order valence-electron chi connectivity index (χ1n) is 12.9. The lowest BCUT2D eigenvalue weighted by molar-refractivity contribution is 0.00394. The Morgan fingerprint density at radius 2 is 1.79 bits per heavy atom. The van der Waals surface area contributed by atoms with Crippen molar-refractivity contribution in [3.8, 4) is 17.2 Å². The number of benzene rings is 1. The second kappa shape index (κ2) is 12.3. The highest BCUT2D eigenvalue weighted by Gasteiger charge is 2.36. The highest BCUT2D eigenvalue weighted by atomic mass is 32.2. The summed E-state index contributed by atoms with van der Waals surface area (Å²) >= 11 is 0. The smallest absolute Gasteiger partial charge is 0.243 e. The molecule has 1 fully saturated rings. The summed E-state index contributed by atoms with van der Waals surface area (Å²) in [6, 6.07) is 5.32. The number of methoxy groups -OCH3 is 2. The lowest BCUT2D eigenvalue weighted by atomic mass is 10.0. The molecule has 0 saturated carbocycles. The molecule has 0 radical (unpaired) electrons. The molecule has 39 heavy (non-hydrogen) atoms. The molecule has 1 saturated heterocycles. The third-order valence-electron chi connectivity index (χ3n) is 6.50. The fourth-order valence-corrected chi connectivity index (χ4v) is 5.59. The molecule has 0 spiro atoms. The number of aryl methyl sites for hydroxylation is 1. The molecular weight excluding hydrogens is 524 g/mol. The van der Waals surface area contributed by atoms with Crippen LogP contribution in [0.4, 0.5) is 5.95 Å². The molecule has 0 bridgehead atoms. The number of para-hydroxylation sites is 1. The Morgan fingerprint density at radius 3 is 2.36 bits per heavy atom. The van der Waals surface area contributed by atoms with E-state index in [4.69, 9.17) is 18.9 Å². The minimum Gasteiger partial charge on any atom is -0.494 e. The van der Waals surface area contributed by atoms with Gasteiger partial charge in [-0.3, -0.25) is 19.3 Å². The summed E-state index contributed by atoms with van der Waals surface area (Å²) in [6.45, 7) is 8.16. The van der Waals surface area contributed by atoms with E-state index in [1.165, 1.54) is 20.4 Å². The van der Waals surface area contributed by atoms with Gasteiger partial charge in [0.1, 0.15) is 34.4 Å². The van der Waals surface area contributed by atoms with E-state index in [0.29, 0.717) is 47.6 Å². The molecule has 1 aromatic carbocycles. The second-order valence-corrected chi connectivity index (χ2v) is 11.7. The van der Waals surface area contributed by atoms with Gasteiger partial charge < -0.3 is 18.9 Å². The Hall–Kier alpha value is -3.29. The Labute approximate surface area is 229 Å². The first kappa shape index (κ1) is 28.7. The number of hydrogen-bond acceptors (Lipinski definition) is 10. The number of sulfonamides is 1. The molecule has 3 aromatic rings. The standard InChI is InChI=1S/C26H36N6O6S/c1-16(2)38-24(20-14-27-17(3)13-28-20)18(4)39(33,34)31-26-30-29-25(19-9-8-12-37-15-19)32(26)23-21(35-5)10-7-11-22(23)36-6/h7,10-11,13-14,16,18-19,24H,8-9,12,15H2,1-6H3,(H,30,31)/t18-,19+,24+/m0/s1. The summed E-state index contributed by atoms with van der Waals surface area (Å²) in [5.41, 5.74) is 1.62. The molecule has 1 aliphatic heterocycles. The topological polar surface area (TPSA) is 140 Å². The molecule has 13 heteroatoms. The van der Waals surface area contributed by atoms with Gasteiger partial charge in [0.25, 0.3) is 0 Å². The molecule has 0 amide bonds. The van der Waals surface area contributed by atoms with Crippen LogP contribution in [0.5, 0.6) is 11.5 Å². The van der Waals surface area contributed by atoms with Crippen LogP contribution in [0.1, 0.15) is 62.8 Å². The molecule has 4 rings (SSSR count). The van der Waals surface area contributed by atoms with Crippen LogP contribution in [0, 0.1) is 6.92 Å². The van der Waals surface area contributed by atoms with Crippen molar-refractivity contribution < 1.29 is 27.4 Å². The minimum atomic E-state index is -4.08. The highest BCUT2D eigenvalue weighted by molar-refractivity contribution is 7.93. The lowest BCUT2D eigenvalue weighted by Gasteiger charge is -2.27. The maximum absolute atomic E-state index is 13.8. The van der Waals surface area contributed by atoms with E-state index < -0.39 is 21.4 Å². The zero-order valence-electron chi connectivity index (χ0n) is 23.1. The van der Waals surface area contributed by atoms with Crippen LogP contribution in [0.25, 0.3) is 5.69 Å². The molecule has 0 unspecified atom stereocenters. The van der Waals surface area contributed by atoms with Crippen molar-refractivity contribution in [2.75, 3.05) is 32.2 Å². The quantitative estimate of drug-likeness (QED) is 0.370. The van der Waals surface area contributed by atoms with Gasteiger partial charge in [0.15, 0.2) is 0 Å². The fourth-order valence-electron chi connectivity index (χ4n) is 4.49. The lowest BCUT2D eigenvalue weighted by Crippen LogP contribution is -2.34. The van der Waals surface area contributed by atoms with Gasteiger partial charge in [0.2, 0.25) is 16.0 Å². The number of ether oxygens (including phenoxy) is 4. The Kier molecular flexibility index (Phi) is 9.03. The van der Waals surface area contributed by atoms with Crippen molar-refractivity contribution in [1.29, 1.82) is 0 Å². The molecule has 212 valence electrons. The summed E-state index contributed by atoms with van der Waals surface area (Å²) in [4.78, 5) is 8.67. The van der Waals surface area contributed by atoms with Gasteiger partial charge in [-0.25, -0.2) is 8.42 Å². The average molecular weight is 561 g/mol. The first-order valence-corrected chi connectivity index (χ1v) is 14.4. The Morgan fingerprint density at radius 1 is 1.08 bits per heavy atom. The van der Waals surface area contributed by atoms with Crippen LogP contribution in [-0.2, 0) is 19.5 Å². The van der Waals surface area contributed by atoms with Crippen LogP contribution >= 0.6 is 0 Å². The number of anilines is 1. The van der Waals surface area contributed by atoms with Crippen molar-refractivity contribution in [2.24, 2.45) is 0 Å². The molecule has 3 heterocycles. The van der Waals surface area contributed by atoms with Crippen molar-refractivity contribution in [2.45, 2.75) is 63.9 Å². The van der Waals surface area contributed by atoms with Crippen LogP contribution < -0.4 is 14.2 Å². The fraction of sp³-hybridized carbons (Fsp3) is 0.538. The summed E-state index contributed by atoms with van der Waals surface area (Å²) in [5, 5.41) is 7.64. The Balaban J connectivity index is 1.79. The predicted octanol–water partition coefficient (Wildman–Crippen LogP) is 3.57. The SMILES string of the molecule is COc1cccc(OC)c1-n1c(NS(=O)(=O)[C@@H](C)[C@@H](OC(C)C)c2cnc(C)cn2)nnc1[C@@H]1CCCOC1. The summed E-state index contributed by atoms with van der Waals surface area (Å²) < 4.78 is 55.0. The van der Waals surface area contributed by atoms with E-state index >= 15 is 0 Å². The maximum atomic E-state index is 13.8. The van der Waals surface area contributed by atoms with Crippen molar-refractivity contribution in [1.82, 2.24) is 24.7 Å². The van der Waals surface area contributed by atoms with Crippen molar-refractivity contribution in [3.63, 3.8) is 0 Å². The first-order chi connectivity index (χ1) is 18.7. The third-order valence-corrected chi connectivity index (χ3v) is 8.19. The molecule has 12 nitrogen and oxygen atoms in total. The normalized spacial score (nSPS) is 17.6. The maximum Gasteiger partial charge on any atom is 0.243 e. The summed E-state index contributed by atoms with van der Waals surface area (Å²) in [6.07, 6.45) is 3.66. The predicted molar refractivity (Wildman–Crippen MR) is 145 cm³/mol. The van der Waals surface area contributed by atoms with E-state index in [9.17, 15) is 8.42 Å². The van der Waals surface area contributed by atoms with Gasteiger partial charge >= 0.3 is 0 Å². The molecule has 3 atom stereocenters. The molecule has 2 aromatic heterocycles. The number of nitrogens with zero attached hydrogens (tertiary/aromatic N) is 5. The zero-order chi connectivity index (χ0) is 28.2. The molecule has 0 aliphatic carbocycles. The van der Waals surface area contributed by atoms with Crippen LogP contribution in [0.2, 0.25) is 0 Å². The van der Waals surface area contributed by atoms with Crippen molar-refractivity contribution >= 4 is 16.0 Å². The van der Waals surface area contributed by atoms with E-state index in [1.807, 2.05) is 20.8 Å². The number of rotatable bonds is 11. The summed E-state index contributed by atoms with van der Waals surface area (Å²) in [5.74, 6) is 1.38. The zero-order valence-corrected chi connectivity index (χ0v) is 23.9. The number of nitrogens with one attached hydrogen (secondary N) is 1. The van der Waals surface area contributed by atoms with Crippen LogP contribution in [-0.4, -0.2) is 71.9 Å². The Bertz CT molecular complexity index is 1330. The van der Waals surface area contributed by atoms with Gasteiger partial charge in [-0.15, -0.1) is 10.2 Å². The van der Waals surface area contributed by atoms with E-state index in [-0.39, 0.29) is 18.0 Å². The monoisotopic (exact) mass is 560 g/mol. The molecule has 1 N–H and O–H groups in total. The van der Waals surface area contributed by atoms with Gasteiger partial charge in [-0.2, -0.15) is 0 Å². The van der Waals surface area contributed by atoms with Gasteiger partial charge in [-0.05, 0) is 52.7 Å². The number of hydrogen-bond donors (Lipinski definition) is 1. The highest BCUT2D eigenvalue weighted by Crippen LogP contribution is 2.38. The molecular formula is C26H36N6O6S. The summed E-state index contributed by atoms with van der Waals surface area (Å²) in [7, 11) is -1.01.